The largest absolute Gasteiger partial charge is 0.339 e. The average molecular weight is 261 g/mol. The Morgan fingerprint density at radius 2 is 1.79 bits per heavy atom. The molecule has 1 aromatic rings. The van der Waals surface area contributed by atoms with E-state index in [0.717, 1.165) is 42.4 Å². The zero-order valence-electron chi connectivity index (χ0n) is 11.7. The van der Waals surface area contributed by atoms with E-state index in [4.69, 9.17) is 4.52 Å². The van der Waals surface area contributed by atoms with Gasteiger partial charge in [0, 0.05) is 12.0 Å². The average Bonchev–Trinajstić information content (AvgIpc) is 2.83. The van der Waals surface area contributed by atoms with Crippen molar-refractivity contribution >= 4 is 0 Å². The number of nitrogens with zero attached hydrogens (tertiary/aromatic N) is 2. The van der Waals surface area contributed by atoms with Gasteiger partial charge in [0.25, 0.3) is 0 Å². The number of nitrogens with one attached hydrogen (secondary N) is 1. The van der Waals surface area contributed by atoms with E-state index >= 15 is 0 Å². The molecule has 4 saturated carbocycles. The highest BCUT2D eigenvalue weighted by Gasteiger charge is 2.50. The highest BCUT2D eigenvalue weighted by molar-refractivity contribution is 5.06. The van der Waals surface area contributed by atoms with Crippen molar-refractivity contribution < 1.29 is 4.52 Å². The van der Waals surface area contributed by atoms with Crippen molar-refractivity contribution in [3.05, 3.63) is 11.7 Å². The molecule has 0 aromatic carbocycles. The lowest BCUT2D eigenvalue weighted by molar-refractivity contribution is -0.0209. The number of aryl methyl sites for hydroxylation is 1. The van der Waals surface area contributed by atoms with Gasteiger partial charge in [-0.05, 0) is 56.3 Å². The van der Waals surface area contributed by atoms with E-state index in [1.54, 1.807) is 0 Å². The van der Waals surface area contributed by atoms with Crippen LogP contribution in [0.25, 0.3) is 0 Å². The molecule has 4 aliphatic rings. The van der Waals surface area contributed by atoms with E-state index in [0.29, 0.717) is 5.54 Å². The minimum atomic E-state index is 0.391. The Bertz CT molecular complexity index is 432. The first-order valence-electron chi connectivity index (χ1n) is 7.81. The van der Waals surface area contributed by atoms with Crippen molar-refractivity contribution in [2.45, 2.75) is 64.0 Å². The lowest BCUT2D eigenvalue weighted by Gasteiger charge is -2.57. The van der Waals surface area contributed by atoms with E-state index in [1.165, 1.54) is 38.5 Å². The van der Waals surface area contributed by atoms with Crippen LogP contribution in [0.1, 0.15) is 57.2 Å². The fourth-order valence-electron chi connectivity index (χ4n) is 5.10. The first kappa shape index (κ1) is 11.9. The summed E-state index contributed by atoms with van der Waals surface area (Å²) < 4.78 is 5.18. The Morgan fingerprint density at radius 3 is 2.32 bits per heavy atom. The quantitative estimate of drug-likeness (QED) is 0.905. The summed E-state index contributed by atoms with van der Waals surface area (Å²) >= 11 is 0. The predicted octanol–water partition coefficient (Wildman–Crippen LogP) is 2.69. The minimum Gasteiger partial charge on any atom is -0.339 e. The van der Waals surface area contributed by atoms with E-state index < -0.39 is 0 Å². The smallest absolute Gasteiger partial charge is 0.226 e. The number of rotatable bonds is 4. The molecule has 0 atom stereocenters. The van der Waals surface area contributed by atoms with Gasteiger partial charge in [0.05, 0.1) is 6.54 Å². The van der Waals surface area contributed by atoms with Crippen LogP contribution in [0, 0.1) is 17.8 Å². The van der Waals surface area contributed by atoms with E-state index in [-0.39, 0.29) is 0 Å². The Balaban J connectivity index is 1.44. The second-order valence-corrected chi connectivity index (χ2v) is 7.01. The monoisotopic (exact) mass is 261 g/mol. The van der Waals surface area contributed by atoms with Gasteiger partial charge in [-0.15, -0.1) is 0 Å². The predicted molar refractivity (Wildman–Crippen MR) is 71.4 cm³/mol. The molecule has 0 radical (unpaired) electrons. The van der Waals surface area contributed by atoms with Crippen molar-refractivity contribution in [1.29, 1.82) is 0 Å². The molecule has 4 nitrogen and oxygen atoms in total. The van der Waals surface area contributed by atoms with Gasteiger partial charge in [-0.1, -0.05) is 12.1 Å². The molecule has 0 amide bonds. The Hall–Kier alpha value is -0.900. The van der Waals surface area contributed by atoms with Crippen molar-refractivity contribution in [3.63, 3.8) is 0 Å². The van der Waals surface area contributed by atoms with Crippen LogP contribution >= 0.6 is 0 Å². The van der Waals surface area contributed by atoms with Crippen LogP contribution < -0.4 is 5.32 Å². The third-order valence-electron chi connectivity index (χ3n) is 5.47. The third-order valence-corrected chi connectivity index (χ3v) is 5.47. The molecule has 0 saturated heterocycles. The summed E-state index contributed by atoms with van der Waals surface area (Å²) in [4.78, 5) is 4.41. The third kappa shape index (κ3) is 2.10. The first-order valence-corrected chi connectivity index (χ1v) is 7.81. The van der Waals surface area contributed by atoms with Gasteiger partial charge >= 0.3 is 0 Å². The van der Waals surface area contributed by atoms with E-state index in [2.05, 4.69) is 15.5 Å². The summed E-state index contributed by atoms with van der Waals surface area (Å²) in [6.45, 7) is 2.82. The molecule has 4 aliphatic carbocycles. The molecule has 0 aliphatic heterocycles. The lowest BCUT2D eigenvalue weighted by atomic mass is 9.53. The van der Waals surface area contributed by atoms with Crippen LogP contribution in [0.15, 0.2) is 4.52 Å². The standard InChI is InChI=1S/C15H23N3O/c1-2-14-17-13(18-19-14)9-16-15-6-10-3-11(7-15)5-12(4-10)8-15/h10-12,16H,2-9H2,1H3. The summed E-state index contributed by atoms with van der Waals surface area (Å²) in [5, 5.41) is 7.85. The van der Waals surface area contributed by atoms with Crippen molar-refractivity contribution in [3.8, 4) is 0 Å². The second-order valence-electron chi connectivity index (χ2n) is 7.01. The van der Waals surface area contributed by atoms with Crippen LogP contribution in [0.4, 0.5) is 0 Å². The van der Waals surface area contributed by atoms with Crippen LogP contribution in [0.2, 0.25) is 0 Å². The maximum atomic E-state index is 5.18. The van der Waals surface area contributed by atoms with E-state index in [9.17, 15) is 0 Å². The number of hydrogen-bond acceptors (Lipinski definition) is 4. The zero-order chi connectivity index (χ0) is 12.9. The van der Waals surface area contributed by atoms with Gasteiger partial charge in [-0.25, -0.2) is 0 Å². The number of hydrogen-bond donors (Lipinski definition) is 1. The second kappa shape index (κ2) is 4.30. The summed E-state index contributed by atoms with van der Waals surface area (Å²) in [7, 11) is 0. The summed E-state index contributed by atoms with van der Waals surface area (Å²) in [5.74, 6) is 4.52. The summed E-state index contributed by atoms with van der Waals surface area (Å²) in [6, 6.07) is 0. The summed E-state index contributed by atoms with van der Waals surface area (Å²) in [6.07, 6.45) is 9.41. The maximum Gasteiger partial charge on any atom is 0.226 e. The minimum absolute atomic E-state index is 0.391. The van der Waals surface area contributed by atoms with Gasteiger partial charge in [0.1, 0.15) is 0 Å². The molecular weight excluding hydrogens is 238 g/mol. The fourth-order valence-corrected chi connectivity index (χ4v) is 5.10. The van der Waals surface area contributed by atoms with Crippen LogP contribution in [-0.2, 0) is 13.0 Å². The van der Waals surface area contributed by atoms with E-state index in [1.807, 2.05) is 6.92 Å². The fraction of sp³-hybridized carbons (Fsp3) is 0.867. The molecule has 0 unspecified atom stereocenters. The molecule has 1 heterocycles. The van der Waals surface area contributed by atoms with Gasteiger partial charge in [-0.2, -0.15) is 4.98 Å². The van der Waals surface area contributed by atoms with Crippen molar-refractivity contribution in [1.82, 2.24) is 15.5 Å². The molecule has 4 fully saturated rings. The Labute approximate surface area is 114 Å². The van der Waals surface area contributed by atoms with Crippen LogP contribution in [0.5, 0.6) is 0 Å². The summed E-state index contributed by atoms with van der Waals surface area (Å²) in [5.41, 5.74) is 0.391. The highest BCUT2D eigenvalue weighted by Crippen LogP contribution is 2.55. The molecule has 1 aromatic heterocycles. The lowest BCUT2D eigenvalue weighted by Crippen LogP contribution is -2.58. The first-order chi connectivity index (χ1) is 9.25. The normalized spacial score (nSPS) is 39.9. The molecule has 104 valence electrons. The Morgan fingerprint density at radius 1 is 1.16 bits per heavy atom. The maximum absolute atomic E-state index is 5.18. The number of aromatic nitrogens is 2. The molecule has 4 heteroatoms. The molecular formula is C15H23N3O. The van der Waals surface area contributed by atoms with Gasteiger partial charge in [0.2, 0.25) is 5.89 Å². The van der Waals surface area contributed by atoms with Gasteiger partial charge < -0.3 is 9.84 Å². The molecule has 5 rings (SSSR count). The van der Waals surface area contributed by atoms with Crippen LogP contribution in [-0.4, -0.2) is 15.7 Å². The SMILES string of the molecule is CCc1nc(CNC23CC4CC(CC(C4)C2)C3)no1. The molecule has 4 bridgehead atoms. The Kier molecular flexibility index (Phi) is 2.69. The molecule has 0 spiro atoms. The topological polar surface area (TPSA) is 51.0 Å². The zero-order valence-corrected chi connectivity index (χ0v) is 11.7. The van der Waals surface area contributed by atoms with Crippen molar-refractivity contribution in [2.24, 2.45) is 17.8 Å². The highest BCUT2D eigenvalue weighted by atomic mass is 16.5. The van der Waals surface area contributed by atoms with Crippen molar-refractivity contribution in [2.75, 3.05) is 0 Å². The van der Waals surface area contributed by atoms with Crippen LogP contribution in [0.3, 0.4) is 0 Å². The van der Waals surface area contributed by atoms with Gasteiger partial charge in [-0.3, -0.25) is 0 Å². The van der Waals surface area contributed by atoms with Gasteiger partial charge in [0.15, 0.2) is 5.82 Å². The molecule has 19 heavy (non-hydrogen) atoms. The molecule has 1 N–H and O–H groups in total.